The highest BCUT2D eigenvalue weighted by Crippen LogP contribution is 2.23. The molecule has 0 aliphatic rings. The van der Waals surface area contributed by atoms with Gasteiger partial charge in [-0.3, -0.25) is 4.79 Å². The van der Waals surface area contributed by atoms with Crippen LogP contribution in [0.15, 0.2) is 16.6 Å². The quantitative estimate of drug-likeness (QED) is 0.854. The van der Waals surface area contributed by atoms with Crippen molar-refractivity contribution < 1.29 is 14.6 Å². The first-order valence-corrected chi connectivity index (χ1v) is 5.30. The van der Waals surface area contributed by atoms with Crippen LogP contribution in [0, 0.1) is 11.3 Å². The van der Waals surface area contributed by atoms with Crippen LogP contribution >= 0.6 is 15.9 Å². The van der Waals surface area contributed by atoms with Crippen LogP contribution < -0.4 is 0 Å². The number of aliphatic hydroxyl groups is 1. The minimum atomic E-state index is -0.361. The molecule has 0 saturated carbocycles. The highest BCUT2D eigenvalue weighted by atomic mass is 79.9. The monoisotopic (exact) mass is 283 g/mol. The van der Waals surface area contributed by atoms with E-state index in [4.69, 9.17) is 10.4 Å². The van der Waals surface area contributed by atoms with Crippen LogP contribution in [0.3, 0.4) is 0 Å². The first-order chi connectivity index (χ1) is 7.62. The molecule has 0 spiro atoms. The number of nitriles is 1. The zero-order chi connectivity index (χ0) is 12.1. The first kappa shape index (κ1) is 12.7. The molecule has 0 aromatic heterocycles. The molecule has 1 aromatic rings. The largest absolute Gasteiger partial charge is 0.469 e. The van der Waals surface area contributed by atoms with Crippen molar-refractivity contribution in [1.29, 1.82) is 5.26 Å². The summed E-state index contributed by atoms with van der Waals surface area (Å²) in [6.45, 7) is -0.240. The number of nitrogens with zero attached hydrogens (tertiary/aromatic N) is 1. The Bertz CT molecular complexity index is 451. The summed E-state index contributed by atoms with van der Waals surface area (Å²) in [6, 6.07) is 5.29. The molecular weight excluding hydrogens is 274 g/mol. The van der Waals surface area contributed by atoms with Gasteiger partial charge in [-0.15, -0.1) is 0 Å². The highest BCUT2D eigenvalue weighted by molar-refractivity contribution is 9.10. The van der Waals surface area contributed by atoms with E-state index < -0.39 is 0 Å². The van der Waals surface area contributed by atoms with E-state index in [0.29, 0.717) is 21.2 Å². The van der Waals surface area contributed by atoms with Crippen molar-refractivity contribution >= 4 is 21.9 Å². The van der Waals surface area contributed by atoms with E-state index in [0.717, 1.165) is 0 Å². The lowest BCUT2D eigenvalue weighted by Crippen LogP contribution is -2.05. The third kappa shape index (κ3) is 2.81. The van der Waals surface area contributed by atoms with E-state index in [-0.39, 0.29) is 19.0 Å². The lowest BCUT2D eigenvalue weighted by atomic mass is 10.0. The number of rotatable bonds is 3. The molecule has 0 saturated heterocycles. The number of methoxy groups -OCH3 is 1. The third-order valence-corrected chi connectivity index (χ3v) is 2.72. The maximum atomic E-state index is 11.1. The van der Waals surface area contributed by atoms with Gasteiger partial charge in [0.25, 0.3) is 0 Å². The molecule has 0 aliphatic heterocycles. The second kappa shape index (κ2) is 5.64. The Kier molecular flexibility index (Phi) is 4.47. The van der Waals surface area contributed by atoms with Crippen LogP contribution in [0.25, 0.3) is 0 Å². The number of carbonyl (C=O) groups excluding carboxylic acids is 1. The Morgan fingerprint density at radius 1 is 1.62 bits per heavy atom. The lowest BCUT2D eigenvalue weighted by Gasteiger charge is -2.07. The number of ether oxygens (including phenoxy) is 1. The Labute approximate surface area is 102 Å². The number of halogens is 1. The summed E-state index contributed by atoms with van der Waals surface area (Å²) in [7, 11) is 1.31. The van der Waals surface area contributed by atoms with Crippen molar-refractivity contribution in [2.75, 3.05) is 7.11 Å². The van der Waals surface area contributed by atoms with Crippen LogP contribution in [0.1, 0.15) is 16.7 Å². The molecule has 16 heavy (non-hydrogen) atoms. The molecule has 0 aliphatic carbocycles. The normalized spacial score (nSPS) is 9.62. The van der Waals surface area contributed by atoms with Crippen LogP contribution in [-0.2, 0) is 22.6 Å². The van der Waals surface area contributed by atoms with Crippen LogP contribution in [0.5, 0.6) is 0 Å². The summed E-state index contributed by atoms with van der Waals surface area (Å²) < 4.78 is 5.11. The molecule has 0 amide bonds. The molecule has 0 heterocycles. The minimum Gasteiger partial charge on any atom is -0.469 e. The second-order valence-corrected chi connectivity index (χ2v) is 3.99. The van der Waals surface area contributed by atoms with E-state index in [1.807, 2.05) is 6.07 Å². The number of hydrogen-bond acceptors (Lipinski definition) is 4. The zero-order valence-corrected chi connectivity index (χ0v) is 10.2. The molecule has 0 radical (unpaired) electrons. The fraction of sp³-hybridized carbons (Fsp3) is 0.273. The number of benzene rings is 1. The number of carbonyl (C=O) groups is 1. The van der Waals surface area contributed by atoms with Gasteiger partial charge < -0.3 is 9.84 Å². The fourth-order valence-corrected chi connectivity index (χ4v) is 1.95. The molecule has 1 rings (SSSR count). The molecule has 1 aromatic carbocycles. The molecule has 0 unspecified atom stereocenters. The maximum Gasteiger partial charge on any atom is 0.309 e. The lowest BCUT2D eigenvalue weighted by molar-refractivity contribution is -0.139. The number of hydrogen-bond donors (Lipinski definition) is 1. The summed E-state index contributed by atoms with van der Waals surface area (Å²) in [4.78, 5) is 11.1. The van der Waals surface area contributed by atoms with Gasteiger partial charge in [-0.1, -0.05) is 6.07 Å². The molecule has 1 N–H and O–H groups in total. The van der Waals surface area contributed by atoms with Crippen LogP contribution in [-0.4, -0.2) is 18.2 Å². The number of aliphatic hydroxyl groups excluding tert-OH is 1. The average Bonchev–Trinajstić information content (AvgIpc) is 2.28. The van der Waals surface area contributed by atoms with E-state index in [1.165, 1.54) is 7.11 Å². The molecule has 84 valence electrons. The topological polar surface area (TPSA) is 70.3 Å². The van der Waals surface area contributed by atoms with Crippen molar-refractivity contribution in [3.63, 3.8) is 0 Å². The Balaban J connectivity index is 3.11. The molecule has 5 heteroatoms. The van der Waals surface area contributed by atoms with Gasteiger partial charge in [-0.25, -0.2) is 0 Å². The standard InChI is InChI=1S/C11H10BrNO3/c1-16-11(15)4-7-2-8(6-14)9(5-13)10(12)3-7/h2-3,14H,4,6H2,1H3. The fourth-order valence-electron chi connectivity index (χ4n) is 1.32. The van der Waals surface area contributed by atoms with Gasteiger partial charge in [0.2, 0.25) is 0 Å². The molecule has 4 nitrogen and oxygen atoms in total. The van der Waals surface area contributed by atoms with Crippen molar-refractivity contribution in [3.8, 4) is 6.07 Å². The summed E-state index contributed by atoms with van der Waals surface area (Å²) in [5.74, 6) is -0.361. The van der Waals surface area contributed by atoms with Crippen molar-refractivity contribution in [2.45, 2.75) is 13.0 Å². The van der Waals surface area contributed by atoms with Crippen molar-refractivity contribution in [3.05, 3.63) is 33.3 Å². The minimum absolute atomic E-state index is 0.119. The zero-order valence-electron chi connectivity index (χ0n) is 8.66. The van der Waals surface area contributed by atoms with E-state index in [2.05, 4.69) is 20.7 Å². The maximum absolute atomic E-state index is 11.1. The average molecular weight is 284 g/mol. The predicted molar refractivity (Wildman–Crippen MR) is 60.5 cm³/mol. The summed E-state index contributed by atoms with van der Waals surface area (Å²) in [6.07, 6.45) is 0.119. The number of esters is 1. The molecule has 0 bridgehead atoms. The highest BCUT2D eigenvalue weighted by Gasteiger charge is 2.10. The summed E-state index contributed by atoms with van der Waals surface area (Å²) in [5, 5.41) is 18.0. The van der Waals surface area contributed by atoms with Gasteiger partial charge in [-0.05, 0) is 33.1 Å². The Morgan fingerprint density at radius 2 is 2.31 bits per heavy atom. The van der Waals surface area contributed by atoms with Crippen molar-refractivity contribution in [2.24, 2.45) is 0 Å². The van der Waals surface area contributed by atoms with E-state index in [1.54, 1.807) is 12.1 Å². The summed E-state index contributed by atoms with van der Waals surface area (Å²) in [5.41, 5.74) is 1.58. The van der Waals surface area contributed by atoms with Crippen LogP contribution in [0.4, 0.5) is 0 Å². The van der Waals surface area contributed by atoms with Gasteiger partial charge in [0.15, 0.2) is 0 Å². The Morgan fingerprint density at radius 3 is 2.81 bits per heavy atom. The molecular formula is C11H10BrNO3. The van der Waals surface area contributed by atoms with Crippen LogP contribution in [0.2, 0.25) is 0 Å². The van der Waals surface area contributed by atoms with Gasteiger partial charge >= 0.3 is 5.97 Å². The van der Waals surface area contributed by atoms with Gasteiger partial charge in [-0.2, -0.15) is 5.26 Å². The van der Waals surface area contributed by atoms with Crippen molar-refractivity contribution in [1.82, 2.24) is 0 Å². The van der Waals surface area contributed by atoms with Gasteiger partial charge in [0.1, 0.15) is 6.07 Å². The second-order valence-electron chi connectivity index (χ2n) is 3.13. The van der Waals surface area contributed by atoms with Gasteiger partial charge in [0.05, 0.1) is 25.7 Å². The Hall–Kier alpha value is -1.38. The van der Waals surface area contributed by atoms with E-state index in [9.17, 15) is 4.79 Å². The molecule has 0 fully saturated rings. The van der Waals surface area contributed by atoms with Gasteiger partial charge in [0, 0.05) is 4.47 Å². The molecule has 0 atom stereocenters. The third-order valence-electron chi connectivity index (χ3n) is 2.09. The first-order valence-electron chi connectivity index (χ1n) is 4.51. The predicted octanol–water partition coefficient (Wildman–Crippen LogP) is 1.53. The smallest absolute Gasteiger partial charge is 0.309 e. The summed E-state index contributed by atoms with van der Waals surface area (Å²) >= 11 is 3.23. The SMILES string of the molecule is COC(=O)Cc1cc(Br)c(C#N)c(CO)c1. The van der Waals surface area contributed by atoms with E-state index >= 15 is 0 Å².